The van der Waals surface area contributed by atoms with Crippen molar-refractivity contribution in [2.75, 3.05) is 4.90 Å². The minimum atomic E-state index is -0.598. The van der Waals surface area contributed by atoms with Crippen LogP contribution in [0.25, 0.3) is 0 Å². The molecule has 8 heteroatoms. The summed E-state index contributed by atoms with van der Waals surface area (Å²) in [7, 11) is 0. The number of hydrogen-bond acceptors (Lipinski definition) is 4. The predicted molar refractivity (Wildman–Crippen MR) is 99.8 cm³/mol. The van der Waals surface area contributed by atoms with Crippen LogP contribution in [0.15, 0.2) is 48.5 Å². The molecule has 138 valence electrons. The lowest BCUT2D eigenvalue weighted by Crippen LogP contribution is -2.38. The molecular formula is C19H16ClN3O4. The van der Waals surface area contributed by atoms with Crippen LogP contribution in [0.3, 0.4) is 0 Å². The lowest BCUT2D eigenvalue weighted by molar-refractivity contribution is -0.384. The Morgan fingerprint density at radius 3 is 2.41 bits per heavy atom. The van der Waals surface area contributed by atoms with Gasteiger partial charge in [0.15, 0.2) is 0 Å². The smallest absolute Gasteiger partial charge is 0.309 e. The molecule has 0 N–H and O–H groups in total. The van der Waals surface area contributed by atoms with Gasteiger partial charge in [-0.2, -0.15) is 0 Å². The molecule has 27 heavy (non-hydrogen) atoms. The van der Waals surface area contributed by atoms with E-state index in [9.17, 15) is 19.7 Å². The van der Waals surface area contributed by atoms with Gasteiger partial charge in [0, 0.05) is 24.6 Å². The number of halogens is 1. The van der Waals surface area contributed by atoms with Gasteiger partial charge in [-0.25, -0.2) is 9.69 Å². The molecule has 0 bridgehead atoms. The molecule has 1 aliphatic heterocycles. The summed E-state index contributed by atoms with van der Waals surface area (Å²) >= 11 is 6.17. The summed E-state index contributed by atoms with van der Waals surface area (Å²) in [6.45, 7) is 0. The fourth-order valence-electron chi connectivity index (χ4n) is 3.41. The summed E-state index contributed by atoms with van der Waals surface area (Å²) in [5.41, 5.74) is 0.951. The van der Waals surface area contributed by atoms with Crippen molar-refractivity contribution in [3.05, 3.63) is 69.2 Å². The van der Waals surface area contributed by atoms with Crippen LogP contribution in [0.1, 0.15) is 18.4 Å². The molecule has 0 spiro atoms. The second kappa shape index (κ2) is 6.66. The zero-order chi connectivity index (χ0) is 19.1. The number of hydrogen-bond donors (Lipinski definition) is 0. The maximum absolute atomic E-state index is 13.1. The summed E-state index contributed by atoms with van der Waals surface area (Å²) in [4.78, 5) is 39.1. The van der Waals surface area contributed by atoms with E-state index in [1.165, 1.54) is 12.1 Å². The number of non-ortho nitro benzene ring substituents is 1. The Balaban J connectivity index is 1.69. The highest BCUT2D eigenvalue weighted by Gasteiger charge is 2.51. The van der Waals surface area contributed by atoms with E-state index >= 15 is 0 Å². The van der Waals surface area contributed by atoms with Crippen molar-refractivity contribution in [3.8, 4) is 0 Å². The first-order chi connectivity index (χ1) is 13.0. The van der Waals surface area contributed by atoms with Gasteiger partial charge in [-0.05, 0) is 24.5 Å². The Hall–Kier alpha value is -2.93. The summed E-state index contributed by atoms with van der Waals surface area (Å²) in [5, 5.41) is 10.9. The van der Waals surface area contributed by atoms with Gasteiger partial charge in [0.05, 0.1) is 15.6 Å². The van der Waals surface area contributed by atoms with Gasteiger partial charge in [0.1, 0.15) is 6.04 Å². The molecule has 7 nitrogen and oxygen atoms in total. The maximum Gasteiger partial charge on any atom is 0.332 e. The topological polar surface area (TPSA) is 83.8 Å². The third-order valence-corrected chi connectivity index (χ3v) is 5.15. The number of anilines is 1. The first kappa shape index (κ1) is 17.5. The number of nitro benzene ring substituents is 1. The Morgan fingerprint density at radius 1 is 1.11 bits per heavy atom. The number of amides is 3. The van der Waals surface area contributed by atoms with Crippen LogP contribution < -0.4 is 4.90 Å². The number of nitrogens with zero attached hydrogens (tertiary/aromatic N) is 3. The Labute approximate surface area is 160 Å². The molecule has 2 aromatic rings. The van der Waals surface area contributed by atoms with Gasteiger partial charge in [-0.3, -0.25) is 14.9 Å². The average molecular weight is 386 g/mol. The second-order valence-electron chi connectivity index (χ2n) is 6.69. The summed E-state index contributed by atoms with van der Waals surface area (Å²) in [5.74, 6) is -0.355. The van der Waals surface area contributed by atoms with Crippen LogP contribution in [0.5, 0.6) is 0 Å². The van der Waals surface area contributed by atoms with Crippen LogP contribution in [0.4, 0.5) is 16.2 Å². The third-order valence-electron chi connectivity index (χ3n) is 4.85. The fraction of sp³-hybridized carbons (Fsp3) is 0.263. The van der Waals surface area contributed by atoms with Crippen LogP contribution in [0.2, 0.25) is 5.02 Å². The van der Waals surface area contributed by atoms with E-state index in [1.807, 2.05) is 30.3 Å². The first-order valence-electron chi connectivity index (χ1n) is 8.61. The van der Waals surface area contributed by atoms with Crippen molar-refractivity contribution >= 4 is 34.9 Å². The van der Waals surface area contributed by atoms with E-state index in [1.54, 1.807) is 4.90 Å². The molecule has 1 saturated heterocycles. The Bertz CT molecular complexity index is 930. The number of urea groups is 1. The summed E-state index contributed by atoms with van der Waals surface area (Å²) in [6, 6.07) is 12.3. The van der Waals surface area contributed by atoms with Crippen molar-refractivity contribution < 1.29 is 14.5 Å². The van der Waals surface area contributed by atoms with Gasteiger partial charge in [-0.1, -0.05) is 41.9 Å². The minimum Gasteiger partial charge on any atom is -0.309 e. The molecule has 4 rings (SSSR count). The highest BCUT2D eigenvalue weighted by molar-refractivity contribution is 6.36. The normalized spacial score (nSPS) is 19.7. The van der Waals surface area contributed by atoms with Crippen molar-refractivity contribution in [2.45, 2.75) is 31.3 Å². The van der Waals surface area contributed by atoms with Crippen molar-refractivity contribution in [2.24, 2.45) is 0 Å². The van der Waals surface area contributed by atoms with Gasteiger partial charge >= 0.3 is 6.03 Å². The molecule has 0 unspecified atom stereocenters. The van der Waals surface area contributed by atoms with Crippen molar-refractivity contribution in [1.82, 2.24) is 4.90 Å². The molecule has 0 aromatic heterocycles. The van der Waals surface area contributed by atoms with Gasteiger partial charge in [0.25, 0.3) is 11.6 Å². The van der Waals surface area contributed by atoms with E-state index in [4.69, 9.17) is 11.6 Å². The number of rotatable bonds is 5. The number of imide groups is 1. The van der Waals surface area contributed by atoms with Crippen molar-refractivity contribution in [1.29, 1.82) is 0 Å². The fourth-order valence-corrected chi connectivity index (χ4v) is 3.67. The minimum absolute atomic E-state index is 0.00186. The Morgan fingerprint density at radius 2 is 1.81 bits per heavy atom. The zero-order valence-electron chi connectivity index (χ0n) is 14.2. The van der Waals surface area contributed by atoms with Crippen LogP contribution in [-0.2, 0) is 11.2 Å². The molecule has 2 aromatic carbocycles. The highest BCUT2D eigenvalue weighted by Crippen LogP contribution is 2.39. The number of carbonyl (C=O) groups excluding carboxylic acids is 2. The number of nitro groups is 1. The van der Waals surface area contributed by atoms with Crippen LogP contribution in [-0.4, -0.2) is 33.8 Å². The Kier molecular flexibility index (Phi) is 4.31. The van der Waals surface area contributed by atoms with E-state index in [0.29, 0.717) is 6.42 Å². The molecule has 1 atom stereocenters. The molecule has 1 heterocycles. The predicted octanol–water partition coefficient (Wildman–Crippen LogP) is 3.79. The van der Waals surface area contributed by atoms with E-state index in [-0.39, 0.29) is 28.3 Å². The highest BCUT2D eigenvalue weighted by atomic mass is 35.5. The maximum atomic E-state index is 13.1. The SMILES string of the molecule is O=C1[C@H](Cc2ccccc2)N(C2CC2)C(=O)N1c1ccc([N+](=O)[O-])cc1Cl. The lowest BCUT2D eigenvalue weighted by atomic mass is 10.0. The van der Waals surface area contributed by atoms with E-state index in [0.717, 1.165) is 29.4 Å². The zero-order valence-corrected chi connectivity index (χ0v) is 15.0. The molecule has 2 fully saturated rings. The van der Waals surface area contributed by atoms with Crippen LogP contribution in [0, 0.1) is 10.1 Å². The van der Waals surface area contributed by atoms with E-state index < -0.39 is 17.0 Å². The molecule has 3 amide bonds. The monoisotopic (exact) mass is 385 g/mol. The molecule has 1 saturated carbocycles. The van der Waals surface area contributed by atoms with Crippen LogP contribution >= 0.6 is 11.6 Å². The summed E-state index contributed by atoms with van der Waals surface area (Å²) < 4.78 is 0. The average Bonchev–Trinajstić information content (AvgIpc) is 3.44. The molecule has 1 aliphatic carbocycles. The van der Waals surface area contributed by atoms with Gasteiger partial charge < -0.3 is 4.90 Å². The summed E-state index contributed by atoms with van der Waals surface area (Å²) in [6.07, 6.45) is 2.15. The number of benzene rings is 2. The van der Waals surface area contributed by atoms with Gasteiger partial charge in [-0.15, -0.1) is 0 Å². The second-order valence-corrected chi connectivity index (χ2v) is 7.10. The number of carbonyl (C=O) groups is 2. The molecular weight excluding hydrogens is 370 g/mol. The third kappa shape index (κ3) is 3.14. The van der Waals surface area contributed by atoms with Gasteiger partial charge in [0.2, 0.25) is 0 Å². The standard InChI is InChI=1S/C19H16ClN3O4/c20-15-11-14(23(26)27)8-9-16(15)22-18(24)17(10-12-4-2-1-3-5-12)21(19(22)25)13-6-7-13/h1-5,8-9,11,13,17H,6-7,10H2/t17-/m0/s1. The molecule has 0 radical (unpaired) electrons. The quantitative estimate of drug-likeness (QED) is 0.445. The van der Waals surface area contributed by atoms with Crippen molar-refractivity contribution in [3.63, 3.8) is 0 Å². The van der Waals surface area contributed by atoms with E-state index in [2.05, 4.69) is 0 Å². The molecule has 2 aliphatic rings. The first-order valence-corrected chi connectivity index (χ1v) is 8.99. The largest absolute Gasteiger partial charge is 0.332 e. The lowest BCUT2D eigenvalue weighted by Gasteiger charge is -2.21.